The lowest BCUT2D eigenvalue weighted by Gasteiger charge is -2.45. The molecule has 2 aromatic heterocycles. The molecule has 0 radical (unpaired) electrons. The summed E-state index contributed by atoms with van der Waals surface area (Å²) < 4.78 is 5.97. The van der Waals surface area contributed by atoms with Crippen molar-refractivity contribution in [2.45, 2.75) is 44.9 Å². The lowest BCUT2D eigenvalue weighted by atomic mass is 9.65. The van der Waals surface area contributed by atoms with Crippen molar-refractivity contribution in [3.8, 4) is 0 Å². The van der Waals surface area contributed by atoms with Crippen LogP contribution in [0.3, 0.4) is 0 Å². The van der Waals surface area contributed by atoms with Crippen molar-refractivity contribution in [2.24, 2.45) is 23.7 Å². The lowest BCUT2D eigenvalue weighted by Crippen LogP contribution is -2.56. The van der Waals surface area contributed by atoms with Crippen molar-refractivity contribution in [2.75, 3.05) is 19.6 Å². The summed E-state index contributed by atoms with van der Waals surface area (Å²) in [6.07, 6.45) is 4.13. The maximum absolute atomic E-state index is 13.5. The smallest absolute Gasteiger partial charge is 0.226 e. The van der Waals surface area contributed by atoms with Gasteiger partial charge in [0.05, 0.1) is 18.8 Å². The summed E-state index contributed by atoms with van der Waals surface area (Å²) in [5.74, 6) is 1.03. The molecular formula is C23H30N4O4. The van der Waals surface area contributed by atoms with Crippen LogP contribution in [0, 0.1) is 23.7 Å². The number of carbonyl (C=O) groups excluding carboxylic acids is 1. The molecule has 0 aromatic carbocycles. The Labute approximate surface area is 181 Å². The minimum absolute atomic E-state index is 0.0506. The van der Waals surface area contributed by atoms with Crippen molar-refractivity contribution in [3.05, 3.63) is 47.4 Å². The Morgan fingerprint density at radius 1 is 1.26 bits per heavy atom. The molecule has 4 heterocycles. The zero-order valence-electron chi connectivity index (χ0n) is 17.8. The molecule has 8 nitrogen and oxygen atoms in total. The molecule has 3 N–H and O–H groups in total. The zero-order valence-corrected chi connectivity index (χ0v) is 17.8. The van der Waals surface area contributed by atoms with Crippen LogP contribution >= 0.6 is 0 Å². The Kier molecular flexibility index (Phi) is 5.54. The fraction of sp³-hybridized carbons (Fsp3) is 0.609. The lowest BCUT2D eigenvalue weighted by molar-refractivity contribution is -0.156. The van der Waals surface area contributed by atoms with Gasteiger partial charge in [-0.1, -0.05) is 13.0 Å². The van der Waals surface area contributed by atoms with E-state index in [-0.39, 0.29) is 29.6 Å². The molecule has 1 saturated heterocycles. The molecule has 31 heavy (non-hydrogen) atoms. The average Bonchev–Trinajstić information content (AvgIpc) is 3.43. The zero-order chi connectivity index (χ0) is 21.5. The van der Waals surface area contributed by atoms with E-state index in [1.807, 2.05) is 30.2 Å². The third-order valence-electron chi connectivity index (χ3n) is 7.38. The molecule has 5 rings (SSSR count). The highest BCUT2D eigenvalue weighted by Crippen LogP contribution is 2.42. The van der Waals surface area contributed by atoms with E-state index in [0.717, 1.165) is 23.4 Å². The van der Waals surface area contributed by atoms with Gasteiger partial charge in [0.1, 0.15) is 11.5 Å². The van der Waals surface area contributed by atoms with Crippen molar-refractivity contribution in [3.63, 3.8) is 0 Å². The number of aryl methyl sites for hydroxylation is 2. The quantitative estimate of drug-likeness (QED) is 0.655. The van der Waals surface area contributed by atoms with Gasteiger partial charge < -0.3 is 24.8 Å². The summed E-state index contributed by atoms with van der Waals surface area (Å²) in [7, 11) is 0. The molecule has 1 aliphatic carbocycles. The number of aliphatic hydroxyl groups is 2. The Hall–Kier alpha value is -2.29. The average molecular weight is 427 g/mol. The van der Waals surface area contributed by atoms with Crippen LogP contribution in [0.1, 0.15) is 29.8 Å². The Morgan fingerprint density at radius 3 is 2.90 bits per heavy atom. The summed E-state index contributed by atoms with van der Waals surface area (Å²) in [6, 6.07) is 3.96. The normalized spacial score (nSPS) is 32.5. The van der Waals surface area contributed by atoms with Crippen molar-refractivity contribution >= 4 is 5.91 Å². The van der Waals surface area contributed by atoms with Gasteiger partial charge in [-0.15, -0.1) is 0 Å². The van der Waals surface area contributed by atoms with E-state index in [0.29, 0.717) is 44.9 Å². The number of rotatable bonds is 4. The molecule has 2 aliphatic heterocycles. The molecule has 0 unspecified atom stereocenters. The number of hydrogen-bond acceptors (Lipinski definition) is 7. The van der Waals surface area contributed by atoms with Gasteiger partial charge >= 0.3 is 0 Å². The van der Waals surface area contributed by atoms with E-state index in [4.69, 9.17) is 4.42 Å². The highest BCUT2D eigenvalue weighted by Gasteiger charge is 2.53. The number of carbonyl (C=O) groups is 1. The van der Waals surface area contributed by atoms with Crippen molar-refractivity contribution in [1.82, 2.24) is 20.2 Å². The molecule has 1 amide bonds. The fourth-order valence-corrected chi connectivity index (χ4v) is 5.62. The largest absolute Gasteiger partial charge is 0.445 e. The van der Waals surface area contributed by atoms with Crippen LogP contribution < -0.4 is 5.32 Å². The van der Waals surface area contributed by atoms with Gasteiger partial charge in [0.15, 0.2) is 5.89 Å². The first kappa shape index (κ1) is 20.6. The van der Waals surface area contributed by atoms with Gasteiger partial charge in [0, 0.05) is 50.2 Å². The van der Waals surface area contributed by atoms with E-state index < -0.39 is 12.2 Å². The number of fused-ring (bicyclic) bond motifs is 2. The van der Waals surface area contributed by atoms with Crippen LogP contribution in [0.25, 0.3) is 0 Å². The van der Waals surface area contributed by atoms with Crippen LogP contribution in [-0.2, 0) is 30.6 Å². The first-order chi connectivity index (χ1) is 15.0. The van der Waals surface area contributed by atoms with E-state index in [1.165, 1.54) is 0 Å². The molecular weight excluding hydrogens is 396 g/mol. The number of nitrogens with one attached hydrogen (secondary N) is 1. The van der Waals surface area contributed by atoms with Crippen LogP contribution in [0.15, 0.2) is 28.9 Å². The highest BCUT2D eigenvalue weighted by molar-refractivity contribution is 5.80. The third kappa shape index (κ3) is 3.77. The third-order valence-corrected chi connectivity index (χ3v) is 7.38. The molecule has 6 atom stereocenters. The maximum Gasteiger partial charge on any atom is 0.226 e. The minimum Gasteiger partial charge on any atom is -0.445 e. The number of pyridine rings is 1. The minimum atomic E-state index is -0.874. The monoisotopic (exact) mass is 426 g/mol. The summed E-state index contributed by atoms with van der Waals surface area (Å²) in [4.78, 5) is 24.2. The first-order valence-corrected chi connectivity index (χ1v) is 11.2. The van der Waals surface area contributed by atoms with Crippen LogP contribution in [0.5, 0.6) is 0 Å². The first-order valence-electron chi connectivity index (χ1n) is 11.2. The molecule has 0 spiro atoms. The van der Waals surface area contributed by atoms with Gasteiger partial charge in [-0.05, 0) is 36.4 Å². The number of aromatic nitrogens is 2. The number of amides is 1. The molecule has 2 aromatic rings. The Morgan fingerprint density at radius 2 is 2.10 bits per heavy atom. The van der Waals surface area contributed by atoms with Crippen molar-refractivity contribution in [1.29, 1.82) is 0 Å². The highest BCUT2D eigenvalue weighted by atomic mass is 16.4. The second kappa shape index (κ2) is 8.33. The standard InChI is InChI=1S/C23H30N4O4/c1-13-20(15-10-25-11-16(15)22(29)21(13)28)23(30)27-8-6-18-17(12-27)26-19(31-18)5-4-14-3-2-7-24-9-14/h2-3,7,9,13,15-16,20-22,25,28-29H,4-6,8,10-12H2,1H3/t13-,15+,16+,20+,21+,22+/m1/s1. The molecule has 166 valence electrons. The fourth-order valence-electron chi connectivity index (χ4n) is 5.62. The number of aliphatic hydroxyl groups excluding tert-OH is 2. The molecule has 2 fully saturated rings. The predicted molar refractivity (Wildman–Crippen MR) is 112 cm³/mol. The van der Waals surface area contributed by atoms with Crippen LogP contribution in [-0.4, -0.2) is 62.8 Å². The molecule has 1 saturated carbocycles. The Bertz CT molecular complexity index is 933. The SMILES string of the molecule is C[C@H]1[C@H](O)[C@@H](O)[C@H]2CNC[C@@H]2[C@H]1C(=O)N1CCc2oc(CCc3cccnc3)nc2C1. The van der Waals surface area contributed by atoms with Gasteiger partial charge in [-0.2, -0.15) is 0 Å². The summed E-state index contributed by atoms with van der Waals surface area (Å²) in [5, 5.41) is 24.3. The van der Waals surface area contributed by atoms with Crippen LogP contribution in [0.4, 0.5) is 0 Å². The van der Waals surface area contributed by atoms with Crippen LogP contribution in [0.2, 0.25) is 0 Å². The number of oxazole rings is 1. The van der Waals surface area contributed by atoms with E-state index in [1.54, 1.807) is 6.20 Å². The molecule has 0 bridgehead atoms. The molecule has 3 aliphatic rings. The number of hydrogen-bond donors (Lipinski definition) is 3. The van der Waals surface area contributed by atoms with Crippen molar-refractivity contribution < 1.29 is 19.4 Å². The van der Waals surface area contributed by atoms with E-state index in [9.17, 15) is 15.0 Å². The van der Waals surface area contributed by atoms with E-state index >= 15 is 0 Å². The summed E-state index contributed by atoms with van der Waals surface area (Å²) in [6.45, 7) is 4.27. The maximum atomic E-state index is 13.5. The number of nitrogens with zero attached hydrogens (tertiary/aromatic N) is 3. The predicted octanol–water partition coefficient (Wildman–Crippen LogP) is 0.563. The van der Waals surface area contributed by atoms with Gasteiger partial charge in [-0.25, -0.2) is 4.98 Å². The summed E-state index contributed by atoms with van der Waals surface area (Å²) in [5.41, 5.74) is 1.98. The second-order valence-corrected chi connectivity index (χ2v) is 9.20. The Balaban J connectivity index is 1.28. The van der Waals surface area contributed by atoms with E-state index in [2.05, 4.69) is 15.3 Å². The second-order valence-electron chi connectivity index (χ2n) is 9.20. The van der Waals surface area contributed by atoms with Gasteiger partial charge in [0.2, 0.25) is 5.91 Å². The van der Waals surface area contributed by atoms with Gasteiger partial charge in [0.25, 0.3) is 0 Å². The summed E-state index contributed by atoms with van der Waals surface area (Å²) >= 11 is 0. The van der Waals surface area contributed by atoms with Gasteiger partial charge in [-0.3, -0.25) is 9.78 Å². The topological polar surface area (TPSA) is 112 Å². The molecule has 8 heteroatoms.